The average Bonchev–Trinajstić information content (AvgIpc) is 3.17. The fourth-order valence-corrected chi connectivity index (χ4v) is 3.20. The van der Waals surface area contributed by atoms with Gasteiger partial charge < -0.3 is 15.0 Å². The lowest BCUT2D eigenvalue weighted by Crippen LogP contribution is -2.22. The highest BCUT2D eigenvalue weighted by atomic mass is 32.2. The predicted octanol–water partition coefficient (Wildman–Crippen LogP) is 3.67. The van der Waals surface area contributed by atoms with Crippen molar-refractivity contribution >= 4 is 29.0 Å². The molecule has 0 aliphatic rings. The second-order valence-corrected chi connectivity index (χ2v) is 7.69. The summed E-state index contributed by atoms with van der Waals surface area (Å²) in [5.41, 5.74) is 2.74. The topological polar surface area (TPSA) is 83.1 Å². The molecule has 2 aromatic carbocycles. The van der Waals surface area contributed by atoms with Crippen LogP contribution in [0.3, 0.4) is 0 Å². The Morgan fingerprint density at radius 3 is 2.43 bits per heavy atom. The summed E-state index contributed by atoms with van der Waals surface area (Å²) in [4.78, 5) is 18.9. The number of nitrogens with zero attached hydrogens (tertiary/aromatic N) is 3. The summed E-state index contributed by atoms with van der Waals surface area (Å²) >= 11 is 1.30. The number of rotatable bonds is 7. The lowest BCUT2D eigenvalue weighted by atomic mass is 10.2. The van der Waals surface area contributed by atoms with Crippen molar-refractivity contribution in [1.29, 1.82) is 0 Å². The second-order valence-electron chi connectivity index (χ2n) is 6.39. The highest BCUT2D eigenvalue weighted by molar-refractivity contribution is 8.00. The van der Waals surface area contributed by atoms with Crippen LogP contribution in [0, 0.1) is 0 Å². The van der Waals surface area contributed by atoms with Crippen LogP contribution in [0.2, 0.25) is 0 Å². The smallest absolute Gasteiger partial charge is 0.237 e. The Bertz CT molecular complexity index is 923. The van der Waals surface area contributed by atoms with Crippen molar-refractivity contribution in [3.63, 3.8) is 0 Å². The third-order valence-corrected chi connectivity index (χ3v) is 5.09. The van der Waals surface area contributed by atoms with Crippen LogP contribution in [-0.2, 0) is 4.79 Å². The van der Waals surface area contributed by atoms with Gasteiger partial charge in [-0.1, -0.05) is 11.8 Å². The number of ether oxygens (including phenoxy) is 1. The highest BCUT2D eigenvalue weighted by Gasteiger charge is 2.18. The number of aromatic nitrogens is 3. The van der Waals surface area contributed by atoms with Gasteiger partial charge in [0, 0.05) is 31.0 Å². The van der Waals surface area contributed by atoms with E-state index in [1.165, 1.54) is 11.8 Å². The Kier molecular flexibility index (Phi) is 6.20. The zero-order valence-corrected chi connectivity index (χ0v) is 17.1. The van der Waals surface area contributed by atoms with Gasteiger partial charge >= 0.3 is 0 Å². The molecule has 28 heavy (non-hydrogen) atoms. The highest BCUT2D eigenvalue weighted by Crippen LogP contribution is 2.25. The monoisotopic (exact) mass is 397 g/mol. The van der Waals surface area contributed by atoms with Gasteiger partial charge in [-0.3, -0.25) is 9.89 Å². The molecule has 1 amide bonds. The largest absolute Gasteiger partial charge is 0.497 e. The number of hydrogen-bond acceptors (Lipinski definition) is 6. The Balaban J connectivity index is 1.60. The lowest BCUT2D eigenvalue weighted by Gasteiger charge is -2.14. The normalized spacial score (nSPS) is 11.7. The number of nitrogens with one attached hydrogen (secondary N) is 2. The third kappa shape index (κ3) is 4.83. The molecule has 1 atom stereocenters. The first-order valence-electron chi connectivity index (χ1n) is 8.78. The predicted molar refractivity (Wildman–Crippen MR) is 113 cm³/mol. The van der Waals surface area contributed by atoms with Gasteiger partial charge in [0.1, 0.15) is 5.75 Å². The number of carbonyl (C=O) groups excluding carboxylic acids is 1. The summed E-state index contributed by atoms with van der Waals surface area (Å²) in [6, 6.07) is 15.2. The molecule has 0 fully saturated rings. The average molecular weight is 398 g/mol. The van der Waals surface area contributed by atoms with Gasteiger partial charge in [-0.15, -0.1) is 5.10 Å². The lowest BCUT2D eigenvalue weighted by molar-refractivity contribution is -0.115. The van der Waals surface area contributed by atoms with Gasteiger partial charge in [0.25, 0.3) is 0 Å². The molecule has 7 nitrogen and oxygen atoms in total. The standard InChI is InChI=1S/C20H23N5O2S/c1-13(19(26)21-15-7-9-16(10-8-15)25(2)3)28-20-22-18(23-24-20)14-5-11-17(27-4)12-6-14/h5-13H,1-4H3,(H,21,26)(H,22,23,24). The summed E-state index contributed by atoms with van der Waals surface area (Å²) < 4.78 is 5.16. The molecule has 0 aliphatic heterocycles. The van der Waals surface area contributed by atoms with Crippen LogP contribution in [0.1, 0.15) is 6.92 Å². The molecule has 3 rings (SSSR count). The van der Waals surface area contributed by atoms with E-state index in [1.807, 2.05) is 74.4 Å². The molecular formula is C20H23N5O2S. The van der Waals surface area contributed by atoms with Gasteiger partial charge in [0.15, 0.2) is 5.82 Å². The second kappa shape index (κ2) is 8.79. The zero-order valence-electron chi connectivity index (χ0n) is 16.3. The summed E-state index contributed by atoms with van der Waals surface area (Å²) in [6.45, 7) is 1.83. The van der Waals surface area contributed by atoms with Gasteiger partial charge in [0.2, 0.25) is 11.1 Å². The van der Waals surface area contributed by atoms with Gasteiger partial charge in [-0.25, -0.2) is 4.98 Å². The number of aromatic amines is 1. The molecule has 0 saturated heterocycles. The van der Waals surface area contributed by atoms with E-state index in [9.17, 15) is 4.79 Å². The van der Waals surface area contributed by atoms with E-state index in [0.29, 0.717) is 11.0 Å². The number of anilines is 2. The van der Waals surface area contributed by atoms with Crippen LogP contribution in [0.25, 0.3) is 11.4 Å². The van der Waals surface area contributed by atoms with Crippen LogP contribution in [0.4, 0.5) is 11.4 Å². The van der Waals surface area contributed by atoms with Gasteiger partial charge in [0.05, 0.1) is 12.4 Å². The summed E-state index contributed by atoms with van der Waals surface area (Å²) in [7, 11) is 5.58. The third-order valence-electron chi connectivity index (χ3n) is 4.13. The molecule has 0 saturated carbocycles. The molecule has 146 valence electrons. The summed E-state index contributed by atoms with van der Waals surface area (Å²) in [5, 5.41) is 10.2. The van der Waals surface area contributed by atoms with Crippen molar-refractivity contribution in [2.24, 2.45) is 0 Å². The molecular weight excluding hydrogens is 374 g/mol. The number of benzene rings is 2. The van der Waals surface area contributed by atoms with Crippen molar-refractivity contribution in [1.82, 2.24) is 15.2 Å². The molecule has 0 aliphatic carbocycles. The Labute approximate surface area is 168 Å². The number of thioether (sulfide) groups is 1. The first-order chi connectivity index (χ1) is 13.5. The number of amides is 1. The van der Waals surface area contributed by atoms with Crippen LogP contribution >= 0.6 is 11.8 Å². The minimum absolute atomic E-state index is 0.0987. The van der Waals surface area contributed by atoms with Crippen LogP contribution in [0.5, 0.6) is 5.75 Å². The number of carbonyl (C=O) groups is 1. The Morgan fingerprint density at radius 1 is 1.14 bits per heavy atom. The van der Waals surface area contributed by atoms with E-state index in [4.69, 9.17) is 4.74 Å². The maximum atomic E-state index is 12.5. The maximum absolute atomic E-state index is 12.5. The van der Waals surface area contributed by atoms with Crippen molar-refractivity contribution in [3.8, 4) is 17.1 Å². The van der Waals surface area contributed by atoms with Gasteiger partial charge in [-0.05, 0) is 55.5 Å². The molecule has 0 bridgehead atoms. The summed E-state index contributed by atoms with van der Waals surface area (Å²) in [5.74, 6) is 1.33. The number of hydrogen-bond donors (Lipinski definition) is 2. The molecule has 0 radical (unpaired) electrons. The van der Waals surface area contributed by atoms with E-state index >= 15 is 0 Å². The van der Waals surface area contributed by atoms with E-state index in [0.717, 1.165) is 22.7 Å². The minimum Gasteiger partial charge on any atom is -0.497 e. The van der Waals surface area contributed by atoms with Crippen molar-refractivity contribution in [2.45, 2.75) is 17.3 Å². The fraction of sp³-hybridized carbons (Fsp3) is 0.250. The van der Waals surface area contributed by atoms with E-state index in [-0.39, 0.29) is 11.2 Å². The quantitative estimate of drug-likeness (QED) is 0.592. The zero-order chi connectivity index (χ0) is 20.1. The SMILES string of the molecule is COc1ccc(-c2nc(SC(C)C(=O)Nc3ccc(N(C)C)cc3)n[nH]2)cc1. The molecule has 0 spiro atoms. The minimum atomic E-state index is -0.340. The first-order valence-corrected chi connectivity index (χ1v) is 9.66. The van der Waals surface area contributed by atoms with Crippen LogP contribution in [0.15, 0.2) is 53.7 Å². The molecule has 3 aromatic rings. The number of methoxy groups -OCH3 is 1. The van der Waals surface area contributed by atoms with E-state index in [2.05, 4.69) is 20.5 Å². The van der Waals surface area contributed by atoms with E-state index < -0.39 is 0 Å². The first kappa shape index (κ1) is 19.8. The Morgan fingerprint density at radius 2 is 1.82 bits per heavy atom. The fourth-order valence-electron chi connectivity index (χ4n) is 2.48. The van der Waals surface area contributed by atoms with Crippen molar-refractivity contribution in [2.75, 3.05) is 31.4 Å². The maximum Gasteiger partial charge on any atom is 0.237 e. The molecule has 1 heterocycles. The van der Waals surface area contributed by atoms with Crippen molar-refractivity contribution < 1.29 is 9.53 Å². The molecule has 2 N–H and O–H groups in total. The Hall–Kier alpha value is -3.00. The van der Waals surface area contributed by atoms with Gasteiger partial charge in [-0.2, -0.15) is 0 Å². The number of H-pyrrole nitrogens is 1. The van der Waals surface area contributed by atoms with Crippen LogP contribution < -0.4 is 15.0 Å². The molecule has 1 aromatic heterocycles. The van der Waals surface area contributed by atoms with Crippen molar-refractivity contribution in [3.05, 3.63) is 48.5 Å². The van der Waals surface area contributed by atoms with E-state index in [1.54, 1.807) is 7.11 Å². The molecule has 8 heteroatoms. The summed E-state index contributed by atoms with van der Waals surface area (Å²) in [6.07, 6.45) is 0. The molecule has 1 unspecified atom stereocenters. The van der Waals surface area contributed by atoms with Crippen LogP contribution in [-0.4, -0.2) is 47.5 Å².